The molecule has 0 radical (unpaired) electrons. The molecule has 0 fully saturated rings. The zero-order chi connectivity index (χ0) is 13.8. The van der Waals surface area contributed by atoms with E-state index in [9.17, 15) is 0 Å². The Morgan fingerprint density at radius 2 is 1.95 bits per heavy atom. The first kappa shape index (κ1) is 13.7. The molecule has 2 aromatic rings. The Morgan fingerprint density at radius 1 is 1.21 bits per heavy atom. The molecule has 0 atom stereocenters. The fourth-order valence-corrected chi connectivity index (χ4v) is 2.40. The van der Waals surface area contributed by atoms with Crippen LogP contribution in [0.2, 0.25) is 0 Å². The van der Waals surface area contributed by atoms with E-state index in [1.807, 2.05) is 49.5 Å². The lowest BCUT2D eigenvalue weighted by Gasteiger charge is -2.22. The van der Waals surface area contributed by atoms with Crippen molar-refractivity contribution in [2.24, 2.45) is 0 Å². The molecule has 2 aromatic carbocycles. The van der Waals surface area contributed by atoms with Gasteiger partial charge in [-0.15, -0.1) is 0 Å². The minimum atomic E-state index is 0.753. The molecule has 0 saturated heterocycles. The summed E-state index contributed by atoms with van der Waals surface area (Å²) in [5.41, 5.74) is 8.81. The molecule has 100 valence electrons. The van der Waals surface area contributed by atoms with Crippen LogP contribution in [0.15, 0.2) is 46.9 Å². The number of nitrogens with zero attached hydrogens (tertiary/aromatic N) is 1. The summed E-state index contributed by atoms with van der Waals surface area (Å²) in [6, 6.07) is 14.0. The van der Waals surface area contributed by atoms with Crippen LogP contribution in [0.3, 0.4) is 0 Å². The van der Waals surface area contributed by atoms with Gasteiger partial charge in [0.05, 0.1) is 12.8 Å². The van der Waals surface area contributed by atoms with E-state index < -0.39 is 0 Å². The number of ether oxygens (including phenoxy) is 1. The van der Waals surface area contributed by atoms with Crippen LogP contribution in [0.4, 0.5) is 11.4 Å². The van der Waals surface area contributed by atoms with Crippen LogP contribution in [-0.4, -0.2) is 14.2 Å². The van der Waals surface area contributed by atoms with Crippen LogP contribution in [0.25, 0.3) is 0 Å². The van der Waals surface area contributed by atoms with Gasteiger partial charge in [-0.3, -0.25) is 0 Å². The molecule has 2 rings (SSSR count). The minimum absolute atomic E-state index is 0.753. The van der Waals surface area contributed by atoms with Crippen molar-refractivity contribution in [3.05, 3.63) is 52.5 Å². The fourth-order valence-electron chi connectivity index (χ4n) is 1.97. The molecular weight excluding hydrogens is 304 g/mol. The lowest BCUT2D eigenvalue weighted by molar-refractivity contribution is 0.415. The molecule has 0 aliphatic carbocycles. The van der Waals surface area contributed by atoms with Gasteiger partial charge in [-0.2, -0.15) is 0 Å². The second-order valence-corrected chi connectivity index (χ2v) is 5.24. The zero-order valence-electron chi connectivity index (χ0n) is 11.1. The predicted molar refractivity (Wildman–Crippen MR) is 83.7 cm³/mol. The number of nitrogen functional groups attached to an aromatic ring is 1. The number of nitrogens with two attached hydrogens (primary N) is 1. The highest BCUT2D eigenvalue weighted by atomic mass is 79.9. The highest BCUT2D eigenvalue weighted by molar-refractivity contribution is 9.10. The van der Waals surface area contributed by atoms with Crippen molar-refractivity contribution in [1.82, 2.24) is 0 Å². The van der Waals surface area contributed by atoms with E-state index in [4.69, 9.17) is 10.5 Å². The smallest absolute Gasteiger partial charge is 0.142 e. The van der Waals surface area contributed by atoms with Crippen LogP contribution in [0.1, 0.15) is 5.56 Å². The van der Waals surface area contributed by atoms with Crippen molar-refractivity contribution in [3.8, 4) is 5.75 Å². The fraction of sp³-hybridized carbons (Fsp3) is 0.200. The zero-order valence-corrected chi connectivity index (χ0v) is 12.6. The summed E-state index contributed by atoms with van der Waals surface area (Å²) in [6.45, 7) is 0.791. The molecule has 4 heteroatoms. The average molecular weight is 321 g/mol. The molecule has 0 saturated carbocycles. The van der Waals surface area contributed by atoms with Gasteiger partial charge in [0.25, 0.3) is 0 Å². The molecule has 19 heavy (non-hydrogen) atoms. The Morgan fingerprint density at radius 3 is 2.63 bits per heavy atom. The summed E-state index contributed by atoms with van der Waals surface area (Å²) in [7, 11) is 3.73. The number of anilines is 2. The lowest BCUT2D eigenvalue weighted by atomic mass is 10.2. The van der Waals surface area contributed by atoms with Gasteiger partial charge in [-0.1, -0.05) is 18.2 Å². The number of hydrogen-bond donors (Lipinski definition) is 1. The van der Waals surface area contributed by atoms with Gasteiger partial charge < -0.3 is 15.4 Å². The van der Waals surface area contributed by atoms with Crippen LogP contribution < -0.4 is 15.4 Å². The number of halogens is 1. The maximum absolute atomic E-state index is 5.80. The molecule has 0 bridgehead atoms. The number of benzene rings is 2. The van der Waals surface area contributed by atoms with Gasteiger partial charge >= 0.3 is 0 Å². The molecule has 0 aromatic heterocycles. The second kappa shape index (κ2) is 5.97. The van der Waals surface area contributed by atoms with Crippen LogP contribution in [0.5, 0.6) is 5.75 Å². The summed E-state index contributed by atoms with van der Waals surface area (Å²) in [5, 5.41) is 0. The van der Waals surface area contributed by atoms with Crippen LogP contribution in [0, 0.1) is 0 Å². The van der Waals surface area contributed by atoms with Gasteiger partial charge in [-0.05, 0) is 45.8 Å². The quantitative estimate of drug-likeness (QED) is 0.873. The SMILES string of the molecule is COc1ccccc1N(C)Cc1ccc(N)c(Br)c1. The highest BCUT2D eigenvalue weighted by Crippen LogP contribution is 2.28. The number of hydrogen-bond acceptors (Lipinski definition) is 3. The van der Waals surface area contributed by atoms with E-state index >= 15 is 0 Å². The van der Waals surface area contributed by atoms with E-state index in [0.29, 0.717) is 0 Å². The van der Waals surface area contributed by atoms with Crippen molar-refractivity contribution in [2.75, 3.05) is 24.8 Å². The van der Waals surface area contributed by atoms with Gasteiger partial charge in [0, 0.05) is 23.8 Å². The molecule has 0 heterocycles. The molecular formula is C15H17BrN2O. The average Bonchev–Trinajstić information content (AvgIpc) is 2.43. The number of rotatable bonds is 4. The highest BCUT2D eigenvalue weighted by Gasteiger charge is 2.08. The Labute approximate surface area is 122 Å². The van der Waals surface area contributed by atoms with Crippen molar-refractivity contribution in [1.29, 1.82) is 0 Å². The minimum Gasteiger partial charge on any atom is -0.495 e. The first-order chi connectivity index (χ1) is 9.11. The molecule has 0 aliphatic rings. The van der Waals surface area contributed by atoms with Crippen LogP contribution >= 0.6 is 15.9 Å². The van der Waals surface area contributed by atoms with Crippen molar-refractivity contribution in [3.63, 3.8) is 0 Å². The Bertz CT molecular complexity index is 572. The lowest BCUT2D eigenvalue weighted by Crippen LogP contribution is -2.17. The monoisotopic (exact) mass is 320 g/mol. The summed E-state index contributed by atoms with van der Waals surface area (Å²) in [6.07, 6.45) is 0. The van der Waals surface area contributed by atoms with Crippen molar-refractivity contribution in [2.45, 2.75) is 6.54 Å². The van der Waals surface area contributed by atoms with Gasteiger partial charge in [0.15, 0.2) is 0 Å². The molecule has 0 unspecified atom stereocenters. The number of para-hydroxylation sites is 2. The molecule has 0 aliphatic heterocycles. The van der Waals surface area contributed by atoms with Crippen molar-refractivity contribution >= 4 is 27.3 Å². The Kier molecular flexibility index (Phi) is 4.32. The van der Waals surface area contributed by atoms with E-state index in [0.717, 1.165) is 28.1 Å². The van der Waals surface area contributed by atoms with Gasteiger partial charge in [0.2, 0.25) is 0 Å². The third-order valence-corrected chi connectivity index (χ3v) is 3.67. The summed E-state index contributed by atoms with van der Waals surface area (Å²) >= 11 is 3.45. The summed E-state index contributed by atoms with van der Waals surface area (Å²) in [4.78, 5) is 2.15. The Balaban J connectivity index is 2.20. The first-order valence-corrected chi connectivity index (χ1v) is 6.79. The van der Waals surface area contributed by atoms with Gasteiger partial charge in [-0.25, -0.2) is 0 Å². The maximum atomic E-state index is 5.80. The summed E-state index contributed by atoms with van der Waals surface area (Å²) in [5.74, 6) is 0.875. The Hall–Kier alpha value is -1.68. The maximum Gasteiger partial charge on any atom is 0.142 e. The molecule has 0 amide bonds. The third kappa shape index (κ3) is 3.20. The third-order valence-electron chi connectivity index (χ3n) is 2.98. The van der Waals surface area contributed by atoms with Crippen LogP contribution in [-0.2, 0) is 6.54 Å². The summed E-state index contributed by atoms with van der Waals surface area (Å²) < 4.78 is 6.31. The largest absolute Gasteiger partial charge is 0.495 e. The van der Waals surface area contributed by atoms with E-state index in [-0.39, 0.29) is 0 Å². The molecule has 0 spiro atoms. The normalized spacial score (nSPS) is 10.3. The van der Waals surface area contributed by atoms with Gasteiger partial charge in [0.1, 0.15) is 5.75 Å². The van der Waals surface area contributed by atoms with E-state index in [1.54, 1.807) is 7.11 Å². The molecule has 2 N–H and O–H groups in total. The standard InChI is InChI=1S/C15H17BrN2O/c1-18(14-5-3-4-6-15(14)19-2)10-11-7-8-13(17)12(16)9-11/h3-9H,10,17H2,1-2H3. The topological polar surface area (TPSA) is 38.5 Å². The molecule has 3 nitrogen and oxygen atoms in total. The van der Waals surface area contributed by atoms with E-state index in [1.165, 1.54) is 5.56 Å². The first-order valence-electron chi connectivity index (χ1n) is 6.00. The van der Waals surface area contributed by atoms with Crippen molar-refractivity contribution < 1.29 is 4.74 Å². The predicted octanol–water partition coefficient (Wildman–Crippen LogP) is 3.68. The second-order valence-electron chi connectivity index (χ2n) is 4.38. The van der Waals surface area contributed by atoms with E-state index in [2.05, 4.69) is 20.8 Å². The number of methoxy groups -OCH3 is 1.